The first-order valence-corrected chi connectivity index (χ1v) is 11.9. The molecule has 3 aromatic rings. The van der Waals surface area contributed by atoms with E-state index in [1.54, 1.807) is 23.2 Å². The molecule has 5 nitrogen and oxygen atoms in total. The van der Waals surface area contributed by atoms with Gasteiger partial charge in [-0.3, -0.25) is 9.59 Å². The van der Waals surface area contributed by atoms with E-state index in [-0.39, 0.29) is 17.8 Å². The van der Waals surface area contributed by atoms with Crippen LogP contribution in [0.25, 0.3) is 10.2 Å². The number of likely N-dealkylation sites (tertiary alicyclic amines) is 1. The van der Waals surface area contributed by atoms with Crippen LogP contribution in [0.15, 0.2) is 40.2 Å². The van der Waals surface area contributed by atoms with Crippen molar-refractivity contribution in [2.24, 2.45) is 5.92 Å². The van der Waals surface area contributed by atoms with Gasteiger partial charge in [0.2, 0.25) is 0 Å². The number of ether oxygens (including phenoxy) is 1. The van der Waals surface area contributed by atoms with Gasteiger partial charge < -0.3 is 14.2 Å². The number of benzene rings is 1. The Morgan fingerprint density at radius 3 is 2.90 bits per heavy atom. The van der Waals surface area contributed by atoms with E-state index in [1.165, 1.54) is 0 Å². The van der Waals surface area contributed by atoms with Crippen LogP contribution in [0.1, 0.15) is 35.8 Å². The van der Waals surface area contributed by atoms with Crippen molar-refractivity contribution >= 4 is 61.0 Å². The second-order valence-corrected chi connectivity index (χ2v) is 10.3. The van der Waals surface area contributed by atoms with Crippen LogP contribution in [0.2, 0.25) is 5.02 Å². The van der Waals surface area contributed by atoms with Gasteiger partial charge in [0, 0.05) is 24.7 Å². The molecule has 3 heterocycles. The highest BCUT2D eigenvalue weighted by Crippen LogP contribution is 2.34. The summed E-state index contributed by atoms with van der Waals surface area (Å²) in [6.07, 6.45) is 1.55. The molecule has 0 spiro atoms. The highest BCUT2D eigenvalue weighted by molar-refractivity contribution is 9.11. The minimum Gasteiger partial charge on any atom is -0.466 e. The standard InChI is InChI=1S/C22H22BrClN2O3S/c1-2-29-22(28)15-6-4-8-25(13-15)21(27)18-10-19-17(11-20(23)30-19)26(18)12-14-5-3-7-16(24)9-14/h3,5,7,9-11,15H,2,4,6,8,12-13H2,1H3/t15-/m0/s1. The van der Waals surface area contributed by atoms with Crippen LogP contribution in [0, 0.1) is 5.92 Å². The number of aromatic nitrogens is 1. The largest absolute Gasteiger partial charge is 0.466 e. The van der Waals surface area contributed by atoms with Crippen LogP contribution in [0.4, 0.5) is 0 Å². The molecule has 1 atom stereocenters. The molecule has 1 fully saturated rings. The summed E-state index contributed by atoms with van der Waals surface area (Å²) in [7, 11) is 0. The Labute approximate surface area is 192 Å². The number of amides is 1. The zero-order valence-corrected chi connectivity index (χ0v) is 19.7. The SMILES string of the molecule is CCOC(=O)[C@H]1CCCN(C(=O)c2cc3sc(Br)cc3n2Cc2cccc(Cl)c2)C1. The average Bonchev–Trinajstić information content (AvgIpc) is 3.25. The van der Waals surface area contributed by atoms with Crippen molar-refractivity contribution in [2.45, 2.75) is 26.3 Å². The third-order valence-electron chi connectivity index (χ3n) is 5.34. The lowest BCUT2D eigenvalue weighted by atomic mass is 9.98. The van der Waals surface area contributed by atoms with E-state index in [4.69, 9.17) is 16.3 Å². The molecule has 30 heavy (non-hydrogen) atoms. The van der Waals surface area contributed by atoms with Crippen LogP contribution in [0.5, 0.6) is 0 Å². The minimum atomic E-state index is -0.255. The highest BCUT2D eigenvalue weighted by Gasteiger charge is 2.31. The summed E-state index contributed by atoms with van der Waals surface area (Å²) in [5, 5.41) is 0.670. The molecule has 0 N–H and O–H groups in total. The van der Waals surface area contributed by atoms with Gasteiger partial charge in [-0.05, 0) is 65.5 Å². The van der Waals surface area contributed by atoms with E-state index in [0.29, 0.717) is 37.0 Å². The van der Waals surface area contributed by atoms with Crippen molar-refractivity contribution < 1.29 is 14.3 Å². The molecule has 8 heteroatoms. The number of hydrogen-bond donors (Lipinski definition) is 0. The van der Waals surface area contributed by atoms with Crippen molar-refractivity contribution in [2.75, 3.05) is 19.7 Å². The predicted octanol–water partition coefficient (Wildman–Crippen LogP) is 5.58. The predicted molar refractivity (Wildman–Crippen MR) is 123 cm³/mol. The topological polar surface area (TPSA) is 51.5 Å². The first-order valence-electron chi connectivity index (χ1n) is 9.95. The smallest absolute Gasteiger partial charge is 0.310 e. The van der Waals surface area contributed by atoms with Gasteiger partial charge in [0.05, 0.1) is 26.5 Å². The molecule has 1 aliphatic rings. The minimum absolute atomic E-state index is 0.0504. The summed E-state index contributed by atoms with van der Waals surface area (Å²) >= 11 is 11.3. The summed E-state index contributed by atoms with van der Waals surface area (Å²) in [6.45, 7) is 3.75. The molecule has 4 rings (SSSR count). The number of piperidine rings is 1. The van der Waals surface area contributed by atoms with Crippen molar-refractivity contribution in [3.05, 3.63) is 56.5 Å². The van der Waals surface area contributed by atoms with Gasteiger partial charge in [-0.2, -0.15) is 0 Å². The molecule has 1 aliphatic heterocycles. The Morgan fingerprint density at radius 1 is 1.30 bits per heavy atom. The molecular weight excluding hydrogens is 488 g/mol. The van der Waals surface area contributed by atoms with Crippen LogP contribution in [-0.4, -0.2) is 41.0 Å². The van der Waals surface area contributed by atoms with E-state index < -0.39 is 0 Å². The van der Waals surface area contributed by atoms with Crippen molar-refractivity contribution in [3.63, 3.8) is 0 Å². The highest BCUT2D eigenvalue weighted by atomic mass is 79.9. The Kier molecular flexibility index (Phi) is 6.51. The molecule has 1 saturated heterocycles. The maximum atomic E-state index is 13.5. The fourth-order valence-electron chi connectivity index (χ4n) is 3.95. The zero-order chi connectivity index (χ0) is 21.3. The van der Waals surface area contributed by atoms with Crippen molar-refractivity contribution in [1.29, 1.82) is 0 Å². The number of rotatable bonds is 5. The first kappa shape index (κ1) is 21.4. The number of fused-ring (bicyclic) bond motifs is 1. The summed E-state index contributed by atoms with van der Waals surface area (Å²) in [4.78, 5) is 27.5. The summed E-state index contributed by atoms with van der Waals surface area (Å²) in [5.74, 6) is -0.519. The number of carbonyl (C=O) groups excluding carboxylic acids is 2. The third kappa shape index (κ3) is 4.43. The fraction of sp³-hybridized carbons (Fsp3) is 0.364. The molecule has 0 radical (unpaired) electrons. The molecular formula is C22H22BrClN2O3S. The monoisotopic (exact) mass is 508 g/mol. The number of esters is 1. The quantitative estimate of drug-likeness (QED) is 0.422. The van der Waals surface area contributed by atoms with Gasteiger partial charge in [-0.15, -0.1) is 11.3 Å². The summed E-state index contributed by atoms with van der Waals surface area (Å²) < 4.78 is 9.29. The molecule has 1 amide bonds. The molecule has 0 bridgehead atoms. The molecule has 2 aromatic heterocycles. The maximum Gasteiger partial charge on any atom is 0.310 e. The average molecular weight is 510 g/mol. The number of nitrogens with zero attached hydrogens (tertiary/aromatic N) is 2. The zero-order valence-electron chi connectivity index (χ0n) is 16.6. The van der Waals surface area contributed by atoms with E-state index in [9.17, 15) is 9.59 Å². The van der Waals surface area contributed by atoms with E-state index in [0.717, 1.165) is 32.4 Å². The van der Waals surface area contributed by atoms with Gasteiger partial charge in [0.15, 0.2) is 0 Å². The Bertz CT molecular complexity index is 1090. The lowest BCUT2D eigenvalue weighted by Crippen LogP contribution is -2.43. The van der Waals surface area contributed by atoms with Crippen LogP contribution >= 0.6 is 38.9 Å². The van der Waals surface area contributed by atoms with Crippen molar-refractivity contribution in [1.82, 2.24) is 9.47 Å². The summed E-state index contributed by atoms with van der Waals surface area (Å²) in [5.41, 5.74) is 2.67. The van der Waals surface area contributed by atoms with Gasteiger partial charge in [0.1, 0.15) is 5.69 Å². The van der Waals surface area contributed by atoms with Crippen LogP contribution in [0.3, 0.4) is 0 Å². The fourth-order valence-corrected chi connectivity index (χ4v) is 5.73. The van der Waals surface area contributed by atoms with Gasteiger partial charge in [-0.1, -0.05) is 23.7 Å². The Hall–Kier alpha value is -1.83. The maximum absolute atomic E-state index is 13.5. The molecule has 1 aromatic carbocycles. The second kappa shape index (κ2) is 9.12. The van der Waals surface area contributed by atoms with E-state index in [1.807, 2.05) is 41.0 Å². The van der Waals surface area contributed by atoms with Crippen molar-refractivity contribution in [3.8, 4) is 0 Å². The Morgan fingerprint density at radius 2 is 2.13 bits per heavy atom. The van der Waals surface area contributed by atoms with Gasteiger partial charge in [-0.25, -0.2) is 0 Å². The Balaban J connectivity index is 1.65. The molecule has 0 saturated carbocycles. The normalized spacial score (nSPS) is 16.8. The number of thiophene rings is 1. The second-order valence-electron chi connectivity index (χ2n) is 7.39. The molecule has 158 valence electrons. The number of carbonyl (C=O) groups is 2. The van der Waals surface area contributed by atoms with Gasteiger partial charge in [0.25, 0.3) is 5.91 Å². The first-order chi connectivity index (χ1) is 14.5. The lowest BCUT2D eigenvalue weighted by Gasteiger charge is -2.31. The van der Waals surface area contributed by atoms with E-state index in [2.05, 4.69) is 15.9 Å². The van der Waals surface area contributed by atoms with Crippen LogP contribution < -0.4 is 0 Å². The lowest BCUT2D eigenvalue weighted by molar-refractivity contribution is -0.149. The number of halogens is 2. The van der Waals surface area contributed by atoms with E-state index >= 15 is 0 Å². The summed E-state index contributed by atoms with van der Waals surface area (Å²) in [6, 6.07) is 11.7. The number of hydrogen-bond acceptors (Lipinski definition) is 4. The molecule has 0 aliphatic carbocycles. The third-order valence-corrected chi connectivity index (χ3v) is 7.15. The molecule has 0 unspecified atom stereocenters. The van der Waals surface area contributed by atoms with Crippen LogP contribution in [-0.2, 0) is 16.1 Å². The van der Waals surface area contributed by atoms with Gasteiger partial charge >= 0.3 is 5.97 Å².